The van der Waals surface area contributed by atoms with E-state index < -0.39 is 0 Å². The number of nitrogens with one attached hydrogen (secondary N) is 1. The molecule has 0 spiro atoms. The summed E-state index contributed by atoms with van der Waals surface area (Å²) in [6, 6.07) is 7.06. The Hall–Kier alpha value is -1.62. The van der Waals surface area contributed by atoms with Crippen molar-refractivity contribution >= 4 is 6.03 Å². The molecule has 1 N–H and O–H groups in total. The maximum Gasteiger partial charge on any atom is 0.317 e. The molecule has 2 aliphatic heterocycles. The molecule has 3 rings (SSSR count). The zero-order valence-corrected chi connectivity index (χ0v) is 14.7. The van der Waals surface area contributed by atoms with Crippen LogP contribution in [0.3, 0.4) is 0 Å². The first-order chi connectivity index (χ1) is 11.5. The normalized spacial score (nSPS) is 25.9. The number of halogens is 1. The van der Waals surface area contributed by atoms with E-state index in [1.54, 1.807) is 12.1 Å². The fraction of sp³-hybridized carbons (Fsp3) is 0.632. The van der Waals surface area contributed by atoms with Gasteiger partial charge >= 0.3 is 6.03 Å². The van der Waals surface area contributed by atoms with Crippen LogP contribution in [0.2, 0.25) is 0 Å². The fourth-order valence-corrected chi connectivity index (χ4v) is 4.18. The summed E-state index contributed by atoms with van der Waals surface area (Å²) < 4.78 is 13.8. The predicted octanol–water partition coefficient (Wildman–Crippen LogP) is 2.88. The average Bonchev–Trinajstić information content (AvgIpc) is 2.56. The summed E-state index contributed by atoms with van der Waals surface area (Å²) in [7, 11) is 2.16. The molecular formula is C19H28FN3O. The van der Waals surface area contributed by atoms with Crippen molar-refractivity contribution in [2.24, 2.45) is 5.92 Å². The van der Waals surface area contributed by atoms with E-state index in [0.717, 1.165) is 32.5 Å². The van der Waals surface area contributed by atoms with E-state index in [1.165, 1.54) is 12.5 Å². The van der Waals surface area contributed by atoms with E-state index in [4.69, 9.17) is 0 Å². The summed E-state index contributed by atoms with van der Waals surface area (Å²) >= 11 is 0. The minimum Gasteiger partial charge on any atom is -0.335 e. The van der Waals surface area contributed by atoms with Gasteiger partial charge in [0.1, 0.15) is 5.82 Å². The highest BCUT2D eigenvalue weighted by Gasteiger charge is 2.37. The summed E-state index contributed by atoms with van der Waals surface area (Å²) in [6.45, 7) is 4.92. The molecule has 2 fully saturated rings. The van der Waals surface area contributed by atoms with Crippen LogP contribution in [0.5, 0.6) is 0 Å². The molecule has 2 aliphatic rings. The number of fused-ring (bicyclic) bond motifs is 1. The third kappa shape index (κ3) is 3.89. The molecule has 1 aromatic carbocycles. The number of piperidine rings is 2. The summed E-state index contributed by atoms with van der Waals surface area (Å²) in [5, 5.41) is 3.08. The van der Waals surface area contributed by atoms with E-state index in [2.05, 4.69) is 17.3 Å². The van der Waals surface area contributed by atoms with Crippen molar-refractivity contribution in [2.75, 3.05) is 26.7 Å². The van der Waals surface area contributed by atoms with E-state index in [1.807, 2.05) is 17.9 Å². The van der Waals surface area contributed by atoms with E-state index in [9.17, 15) is 9.18 Å². The Morgan fingerprint density at radius 1 is 1.33 bits per heavy atom. The summed E-state index contributed by atoms with van der Waals surface area (Å²) in [6.07, 6.45) is 3.85. The van der Waals surface area contributed by atoms with Gasteiger partial charge in [0, 0.05) is 25.2 Å². The number of carbonyl (C=O) groups is 1. The summed E-state index contributed by atoms with van der Waals surface area (Å²) in [4.78, 5) is 17.1. The lowest BCUT2D eigenvalue weighted by Gasteiger charge is -2.46. The average molecular weight is 333 g/mol. The molecule has 2 amide bonds. The number of likely N-dealkylation sites (tertiary alicyclic amines) is 2. The largest absolute Gasteiger partial charge is 0.335 e. The molecule has 3 atom stereocenters. The zero-order valence-electron chi connectivity index (χ0n) is 14.7. The smallest absolute Gasteiger partial charge is 0.317 e. The van der Waals surface area contributed by atoms with Crippen molar-refractivity contribution in [1.82, 2.24) is 15.1 Å². The zero-order chi connectivity index (χ0) is 17.1. The second-order valence-corrected chi connectivity index (χ2v) is 7.36. The van der Waals surface area contributed by atoms with Gasteiger partial charge in [-0.25, -0.2) is 9.18 Å². The Labute approximate surface area is 144 Å². The van der Waals surface area contributed by atoms with Gasteiger partial charge in [-0.3, -0.25) is 0 Å². The maximum atomic E-state index is 13.8. The highest BCUT2D eigenvalue weighted by molar-refractivity contribution is 5.75. The van der Waals surface area contributed by atoms with Gasteiger partial charge in [-0.15, -0.1) is 0 Å². The topological polar surface area (TPSA) is 35.6 Å². The van der Waals surface area contributed by atoms with Gasteiger partial charge in [0.25, 0.3) is 0 Å². The van der Waals surface area contributed by atoms with Crippen molar-refractivity contribution in [1.29, 1.82) is 0 Å². The fourth-order valence-electron chi connectivity index (χ4n) is 4.18. The second-order valence-electron chi connectivity index (χ2n) is 7.36. The monoisotopic (exact) mass is 333 g/mol. The molecule has 2 saturated heterocycles. The van der Waals surface area contributed by atoms with Crippen molar-refractivity contribution in [3.8, 4) is 0 Å². The number of benzene rings is 1. The highest BCUT2D eigenvalue weighted by atomic mass is 19.1. The molecule has 2 heterocycles. The van der Waals surface area contributed by atoms with Crippen molar-refractivity contribution in [3.05, 3.63) is 35.6 Å². The first-order valence-electron chi connectivity index (χ1n) is 9.03. The number of amides is 2. The van der Waals surface area contributed by atoms with Gasteiger partial charge in [-0.05, 0) is 63.7 Å². The molecule has 0 saturated carbocycles. The molecular weight excluding hydrogens is 305 g/mol. The van der Waals surface area contributed by atoms with Crippen LogP contribution in [-0.2, 0) is 6.42 Å². The van der Waals surface area contributed by atoms with Crippen LogP contribution in [0.25, 0.3) is 0 Å². The van der Waals surface area contributed by atoms with Gasteiger partial charge in [-0.1, -0.05) is 18.2 Å². The van der Waals surface area contributed by atoms with Crippen LogP contribution in [-0.4, -0.2) is 54.6 Å². The van der Waals surface area contributed by atoms with Gasteiger partial charge in [0.15, 0.2) is 0 Å². The summed E-state index contributed by atoms with van der Waals surface area (Å²) in [5.41, 5.74) is 0.654. The Morgan fingerprint density at radius 2 is 2.12 bits per heavy atom. The standard InChI is InChI=1S/C19H28FN3O/c1-14(12-15-6-3-4-8-17(15)20)21-19(24)23-10-5-7-16-13-22(2)11-9-18(16)23/h3-4,6,8,14,16,18H,5,7,9-13H2,1-2H3,(H,21,24)/t14-,16+,18+/m1/s1. The molecule has 1 aromatic rings. The van der Waals surface area contributed by atoms with Crippen LogP contribution in [0, 0.1) is 11.7 Å². The lowest BCUT2D eigenvalue weighted by Crippen LogP contribution is -2.58. The van der Waals surface area contributed by atoms with Crippen molar-refractivity contribution in [3.63, 3.8) is 0 Å². The quantitative estimate of drug-likeness (QED) is 0.923. The molecule has 0 aliphatic carbocycles. The van der Waals surface area contributed by atoms with Crippen molar-refractivity contribution in [2.45, 2.75) is 44.7 Å². The molecule has 0 radical (unpaired) electrons. The number of rotatable bonds is 3. The van der Waals surface area contributed by atoms with E-state index in [0.29, 0.717) is 23.9 Å². The van der Waals surface area contributed by atoms with Crippen LogP contribution >= 0.6 is 0 Å². The minimum absolute atomic E-state index is 0.0121. The van der Waals surface area contributed by atoms with Crippen LogP contribution in [0.4, 0.5) is 9.18 Å². The van der Waals surface area contributed by atoms with Gasteiger partial charge in [0.05, 0.1) is 0 Å². The summed E-state index contributed by atoms with van der Waals surface area (Å²) in [5.74, 6) is 0.386. The molecule has 5 heteroatoms. The van der Waals surface area contributed by atoms with Crippen LogP contribution in [0.1, 0.15) is 31.7 Å². The lowest BCUT2D eigenvalue weighted by molar-refractivity contribution is 0.0526. The molecule has 24 heavy (non-hydrogen) atoms. The van der Waals surface area contributed by atoms with Gasteiger partial charge < -0.3 is 15.1 Å². The van der Waals surface area contributed by atoms with Gasteiger partial charge in [0.2, 0.25) is 0 Å². The van der Waals surface area contributed by atoms with E-state index in [-0.39, 0.29) is 17.9 Å². The number of hydrogen-bond acceptors (Lipinski definition) is 2. The Kier molecular flexibility index (Phi) is 5.39. The molecule has 0 bridgehead atoms. The van der Waals surface area contributed by atoms with Crippen LogP contribution < -0.4 is 5.32 Å². The lowest BCUT2D eigenvalue weighted by atomic mass is 9.84. The first kappa shape index (κ1) is 17.2. The number of carbonyl (C=O) groups excluding carboxylic acids is 1. The molecule has 0 unspecified atom stereocenters. The van der Waals surface area contributed by atoms with E-state index >= 15 is 0 Å². The number of urea groups is 1. The Bertz CT molecular complexity index is 579. The maximum absolute atomic E-state index is 13.8. The third-order valence-electron chi connectivity index (χ3n) is 5.39. The third-order valence-corrected chi connectivity index (χ3v) is 5.39. The molecule has 4 nitrogen and oxygen atoms in total. The molecule has 0 aromatic heterocycles. The SMILES string of the molecule is C[C@H](Cc1ccccc1F)NC(=O)N1CCC[C@H]2CN(C)CC[C@@H]21. The Morgan fingerprint density at radius 3 is 2.92 bits per heavy atom. The molecule has 132 valence electrons. The second kappa shape index (κ2) is 7.51. The predicted molar refractivity (Wildman–Crippen MR) is 93.4 cm³/mol. The number of nitrogens with zero attached hydrogens (tertiary/aromatic N) is 2. The first-order valence-corrected chi connectivity index (χ1v) is 9.03. The van der Waals surface area contributed by atoms with Crippen molar-refractivity contribution < 1.29 is 9.18 Å². The van der Waals surface area contributed by atoms with Gasteiger partial charge in [-0.2, -0.15) is 0 Å². The Balaban J connectivity index is 1.58. The minimum atomic E-state index is -0.202. The number of hydrogen-bond donors (Lipinski definition) is 1. The highest BCUT2D eigenvalue weighted by Crippen LogP contribution is 2.30. The van der Waals surface area contributed by atoms with Crippen LogP contribution in [0.15, 0.2) is 24.3 Å².